The highest BCUT2D eigenvalue weighted by molar-refractivity contribution is 7.20. The highest BCUT2D eigenvalue weighted by Gasteiger charge is 2.27. The molecule has 2 saturated heterocycles. The van der Waals surface area contributed by atoms with Gasteiger partial charge in [0.25, 0.3) is 5.91 Å². The number of hydrogen-bond donors (Lipinski definition) is 0. The maximum atomic E-state index is 13.2. The molecule has 0 N–H and O–H groups in total. The Morgan fingerprint density at radius 2 is 1.70 bits per heavy atom. The average Bonchev–Trinajstić information content (AvgIpc) is 3.55. The molecule has 0 aliphatic carbocycles. The fourth-order valence-electron chi connectivity index (χ4n) is 4.61. The van der Waals surface area contributed by atoms with E-state index in [2.05, 4.69) is 10.00 Å². The second kappa shape index (κ2) is 9.23. The number of aryl methyl sites for hydroxylation is 1. The van der Waals surface area contributed by atoms with Crippen LogP contribution in [-0.4, -0.2) is 82.1 Å². The first-order valence-corrected chi connectivity index (χ1v) is 12.3. The molecule has 4 heterocycles. The van der Waals surface area contributed by atoms with Crippen molar-refractivity contribution in [3.05, 3.63) is 52.3 Å². The van der Waals surface area contributed by atoms with E-state index in [0.29, 0.717) is 44.1 Å². The predicted octanol–water partition coefficient (Wildman–Crippen LogP) is 2.97. The van der Waals surface area contributed by atoms with E-state index in [1.165, 1.54) is 23.5 Å². The zero-order chi connectivity index (χ0) is 22.9. The van der Waals surface area contributed by atoms with Crippen LogP contribution in [0.1, 0.15) is 33.8 Å². The van der Waals surface area contributed by atoms with Crippen LogP contribution in [0.4, 0.5) is 4.39 Å². The second-order valence-electron chi connectivity index (χ2n) is 8.86. The topological polar surface area (TPSA) is 61.7 Å². The number of piperazine rings is 1. The number of rotatable bonds is 5. The maximum Gasteiger partial charge on any atom is 0.264 e. The molecule has 33 heavy (non-hydrogen) atoms. The van der Waals surface area contributed by atoms with Crippen LogP contribution >= 0.6 is 11.3 Å². The minimum atomic E-state index is -0.259. The molecule has 0 saturated carbocycles. The van der Waals surface area contributed by atoms with Gasteiger partial charge in [-0.3, -0.25) is 19.2 Å². The number of halogens is 1. The Morgan fingerprint density at radius 1 is 1.00 bits per heavy atom. The number of fused-ring (bicyclic) bond motifs is 1. The maximum absolute atomic E-state index is 13.2. The molecular weight excluding hydrogens is 441 g/mol. The van der Waals surface area contributed by atoms with Gasteiger partial charge in [-0.15, -0.1) is 11.3 Å². The standard InChI is InChI=1S/C24H28FN5O2S/c1-17-20-14-21(33-24(20)30(26-17)15-18-4-6-19(25)7-5-18)23(32)29-12-10-27(11-13-29)16-22(31)28-8-2-3-9-28/h4-7,14H,2-3,8-13,15-16H2,1H3. The van der Waals surface area contributed by atoms with E-state index < -0.39 is 0 Å². The molecule has 0 atom stereocenters. The highest BCUT2D eigenvalue weighted by Crippen LogP contribution is 2.30. The van der Waals surface area contributed by atoms with E-state index in [9.17, 15) is 14.0 Å². The molecule has 9 heteroatoms. The van der Waals surface area contributed by atoms with Crippen molar-refractivity contribution in [1.82, 2.24) is 24.5 Å². The molecule has 5 rings (SSSR count). The van der Waals surface area contributed by atoms with Crippen molar-refractivity contribution in [2.24, 2.45) is 0 Å². The van der Waals surface area contributed by atoms with Crippen molar-refractivity contribution in [3.63, 3.8) is 0 Å². The summed E-state index contributed by atoms with van der Waals surface area (Å²) in [6.45, 7) is 7.36. The third-order valence-corrected chi connectivity index (χ3v) is 7.68. The van der Waals surface area contributed by atoms with Crippen LogP contribution in [0.15, 0.2) is 30.3 Å². The third-order valence-electron chi connectivity index (χ3n) is 6.54. The smallest absolute Gasteiger partial charge is 0.264 e. The number of hydrogen-bond acceptors (Lipinski definition) is 5. The first-order valence-electron chi connectivity index (χ1n) is 11.5. The van der Waals surface area contributed by atoms with Crippen molar-refractivity contribution < 1.29 is 14.0 Å². The van der Waals surface area contributed by atoms with Crippen molar-refractivity contribution in [3.8, 4) is 0 Å². The van der Waals surface area contributed by atoms with Gasteiger partial charge in [0, 0.05) is 44.7 Å². The summed E-state index contributed by atoms with van der Waals surface area (Å²) < 4.78 is 15.1. The Hall–Kier alpha value is -2.78. The zero-order valence-corrected chi connectivity index (χ0v) is 19.6. The normalized spacial score (nSPS) is 17.3. The number of carbonyl (C=O) groups is 2. The molecular formula is C24H28FN5O2S. The first kappa shape index (κ1) is 22.0. The van der Waals surface area contributed by atoms with Gasteiger partial charge in [-0.2, -0.15) is 5.10 Å². The van der Waals surface area contributed by atoms with E-state index in [-0.39, 0.29) is 17.6 Å². The summed E-state index contributed by atoms with van der Waals surface area (Å²) in [6, 6.07) is 8.35. The summed E-state index contributed by atoms with van der Waals surface area (Å²) in [5.41, 5.74) is 1.84. The van der Waals surface area contributed by atoms with Gasteiger partial charge in [-0.1, -0.05) is 12.1 Å². The Labute approximate surface area is 196 Å². The van der Waals surface area contributed by atoms with Gasteiger partial charge in [0.15, 0.2) is 0 Å². The van der Waals surface area contributed by atoms with Gasteiger partial charge in [-0.25, -0.2) is 4.39 Å². The summed E-state index contributed by atoms with van der Waals surface area (Å²) in [6.07, 6.45) is 2.20. The molecule has 3 aromatic rings. The molecule has 0 radical (unpaired) electrons. The van der Waals surface area contributed by atoms with Gasteiger partial charge >= 0.3 is 0 Å². The van der Waals surface area contributed by atoms with E-state index >= 15 is 0 Å². The Balaban J connectivity index is 1.23. The van der Waals surface area contributed by atoms with Crippen LogP contribution in [0.5, 0.6) is 0 Å². The van der Waals surface area contributed by atoms with Gasteiger partial charge in [0.1, 0.15) is 10.6 Å². The van der Waals surface area contributed by atoms with Crippen molar-refractivity contribution in [2.45, 2.75) is 26.3 Å². The fraction of sp³-hybridized carbons (Fsp3) is 0.458. The lowest BCUT2D eigenvalue weighted by Crippen LogP contribution is -2.51. The molecule has 2 aliphatic rings. The number of aromatic nitrogens is 2. The molecule has 7 nitrogen and oxygen atoms in total. The molecule has 174 valence electrons. The van der Waals surface area contributed by atoms with Crippen LogP contribution in [-0.2, 0) is 11.3 Å². The van der Waals surface area contributed by atoms with Crippen LogP contribution in [0.2, 0.25) is 0 Å². The minimum Gasteiger partial charge on any atom is -0.342 e. The van der Waals surface area contributed by atoms with E-state index in [4.69, 9.17) is 0 Å². The largest absolute Gasteiger partial charge is 0.342 e. The summed E-state index contributed by atoms with van der Waals surface area (Å²) >= 11 is 1.46. The lowest BCUT2D eigenvalue weighted by Gasteiger charge is -2.34. The van der Waals surface area contributed by atoms with Gasteiger partial charge in [0.05, 0.1) is 23.7 Å². The van der Waals surface area contributed by atoms with Gasteiger partial charge in [-0.05, 0) is 43.5 Å². The minimum absolute atomic E-state index is 0.0365. The zero-order valence-electron chi connectivity index (χ0n) is 18.8. The average molecular weight is 470 g/mol. The fourth-order valence-corrected chi connectivity index (χ4v) is 5.74. The summed E-state index contributed by atoms with van der Waals surface area (Å²) in [5, 5.41) is 5.60. The molecule has 2 aromatic heterocycles. The molecule has 0 bridgehead atoms. The quantitative estimate of drug-likeness (QED) is 0.577. The monoisotopic (exact) mass is 469 g/mol. The third kappa shape index (κ3) is 4.65. The van der Waals surface area contributed by atoms with E-state index in [0.717, 1.165) is 47.4 Å². The first-order chi connectivity index (χ1) is 16.0. The predicted molar refractivity (Wildman–Crippen MR) is 126 cm³/mol. The van der Waals surface area contributed by atoms with Gasteiger partial charge < -0.3 is 9.80 Å². The van der Waals surface area contributed by atoms with E-state index in [1.807, 2.05) is 27.5 Å². The number of benzene rings is 1. The van der Waals surface area contributed by atoms with Crippen LogP contribution < -0.4 is 0 Å². The molecule has 1 aromatic carbocycles. The van der Waals surface area contributed by atoms with Gasteiger partial charge in [0.2, 0.25) is 5.91 Å². The molecule has 0 spiro atoms. The van der Waals surface area contributed by atoms with Crippen LogP contribution in [0.3, 0.4) is 0 Å². The number of thiophene rings is 1. The lowest BCUT2D eigenvalue weighted by molar-refractivity contribution is -0.131. The molecule has 2 aliphatic heterocycles. The summed E-state index contributed by atoms with van der Waals surface area (Å²) in [7, 11) is 0. The second-order valence-corrected chi connectivity index (χ2v) is 9.89. The Bertz CT molecular complexity index is 1160. The number of nitrogens with zero attached hydrogens (tertiary/aromatic N) is 5. The van der Waals surface area contributed by atoms with Crippen molar-refractivity contribution in [2.75, 3.05) is 45.8 Å². The van der Waals surface area contributed by atoms with Crippen molar-refractivity contribution in [1.29, 1.82) is 0 Å². The van der Waals surface area contributed by atoms with Crippen LogP contribution in [0.25, 0.3) is 10.2 Å². The number of amides is 2. The summed E-state index contributed by atoms with van der Waals surface area (Å²) in [4.78, 5) is 33.3. The Kier molecular flexibility index (Phi) is 6.16. The number of carbonyl (C=O) groups excluding carboxylic acids is 2. The SMILES string of the molecule is Cc1nn(Cc2ccc(F)cc2)c2sc(C(=O)N3CCN(CC(=O)N4CCCC4)CC3)cc12. The Morgan fingerprint density at radius 3 is 2.39 bits per heavy atom. The molecule has 0 unspecified atom stereocenters. The van der Waals surface area contributed by atoms with Crippen molar-refractivity contribution >= 4 is 33.4 Å². The van der Waals surface area contributed by atoms with E-state index in [1.54, 1.807) is 12.1 Å². The summed E-state index contributed by atoms with van der Waals surface area (Å²) in [5.74, 6) is -0.0162. The lowest BCUT2D eigenvalue weighted by atomic mass is 10.2. The molecule has 2 amide bonds. The van der Waals surface area contributed by atoms with Crippen LogP contribution in [0, 0.1) is 12.7 Å². The number of likely N-dealkylation sites (tertiary alicyclic amines) is 1. The molecule has 2 fully saturated rings. The highest BCUT2D eigenvalue weighted by atomic mass is 32.1.